The van der Waals surface area contributed by atoms with Gasteiger partial charge in [-0.3, -0.25) is 15.0 Å². The molecule has 0 bridgehead atoms. The summed E-state index contributed by atoms with van der Waals surface area (Å²) in [7, 11) is 1.45. The number of rotatable bonds is 10. The van der Waals surface area contributed by atoms with Gasteiger partial charge >= 0.3 is 0 Å². The molecule has 1 aliphatic rings. The van der Waals surface area contributed by atoms with E-state index in [0.29, 0.717) is 61.6 Å². The van der Waals surface area contributed by atoms with E-state index in [9.17, 15) is 27.6 Å². The minimum absolute atomic E-state index is 0.0579. The number of fused-ring (bicyclic) bond motifs is 1. The molecule has 1 aromatic heterocycles. The molecule has 210 valence electrons. The van der Waals surface area contributed by atoms with Crippen molar-refractivity contribution in [3.05, 3.63) is 65.4 Å². The van der Waals surface area contributed by atoms with Gasteiger partial charge < -0.3 is 9.64 Å². The Balaban J connectivity index is 1.40. The monoisotopic (exact) mass is 569 g/mol. The van der Waals surface area contributed by atoms with Crippen molar-refractivity contribution in [2.45, 2.75) is 36.8 Å². The zero-order chi connectivity index (χ0) is 28.2. The van der Waals surface area contributed by atoms with Crippen LogP contribution >= 0.6 is 11.8 Å². The number of methoxy groups -OCH3 is 1. The van der Waals surface area contributed by atoms with Gasteiger partial charge in [0.2, 0.25) is 5.91 Å². The number of nitrogens with one attached hydrogen (secondary N) is 1. The number of amides is 1. The van der Waals surface area contributed by atoms with Crippen molar-refractivity contribution in [1.29, 1.82) is 0 Å². The Morgan fingerprint density at radius 2 is 1.85 bits per heavy atom. The lowest BCUT2D eigenvalue weighted by Gasteiger charge is -2.40. The molecule has 2 heterocycles. The third-order valence-electron chi connectivity index (χ3n) is 7.27. The minimum Gasteiger partial charge on any atom is -0.497 e. The summed E-state index contributed by atoms with van der Waals surface area (Å²) < 4.78 is 76.3. The molecular weight excluding hydrogens is 541 g/mol. The van der Waals surface area contributed by atoms with Crippen LogP contribution in [0.4, 0.5) is 22.0 Å². The van der Waals surface area contributed by atoms with Gasteiger partial charge in [0.1, 0.15) is 35.2 Å². The first kappa shape index (κ1) is 29.0. The summed E-state index contributed by atoms with van der Waals surface area (Å²) in [6, 6.07) is 6.03. The second-order valence-electron chi connectivity index (χ2n) is 9.52. The van der Waals surface area contributed by atoms with E-state index in [1.54, 1.807) is 17.6 Å². The van der Waals surface area contributed by atoms with E-state index in [1.165, 1.54) is 13.2 Å². The van der Waals surface area contributed by atoms with Gasteiger partial charge in [-0.2, -0.15) is 0 Å². The number of hydrogen-bond donors (Lipinski definition) is 2. The van der Waals surface area contributed by atoms with Crippen molar-refractivity contribution in [1.82, 2.24) is 15.4 Å². The number of likely N-dealkylation sites (tertiary alicyclic amines) is 1. The summed E-state index contributed by atoms with van der Waals surface area (Å²) in [6.07, 6.45) is -0.289. The van der Waals surface area contributed by atoms with E-state index in [0.717, 1.165) is 18.0 Å². The predicted octanol–water partition coefficient (Wildman–Crippen LogP) is 5.97. The number of aromatic nitrogens is 1. The number of carbonyl (C=O) groups is 1. The molecule has 0 spiro atoms. The van der Waals surface area contributed by atoms with E-state index in [2.05, 4.69) is 4.98 Å². The van der Waals surface area contributed by atoms with Gasteiger partial charge in [0, 0.05) is 35.4 Å². The number of alkyl halides is 1. The topological polar surface area (TPSA) is 74.7 Å². The number of carbonyl (C=O) groups excluding carboxylic acids is 1. The highest BCUT2D eigenvalue weighted by Gasteiger charge is 2.41. The number of halogens is 5. The van der Waals surface area contributed by atoms with Crippen LogP contribution in [0.25, 0.3) is 10.9 Å². The lowest BCUT2D eigenvalue weighted by Crippen LogP contribution is -2.48. The number of piperidine rings is 1. The van der Waals surface area contributed by atoms with E-state index in [-0.39, 0.29) is 28.7 Å². The molecule has 1 atom stereocenters. The number of ether oxygens (including phenoxy) is 1. The van der Waals surface area contributed by atoms with Crippen molar-refractivity contribution in [3.8, 4) is 5.75 Å². The Kier molecular flexibility index (Phi) is 9.29. The van der Waals surface area contributed by atoms with Gasteiger partial charge in [0.15, 0.2) is 0 Å². The predicted molar refractivity (Wildman–Crippen MR) is 136 cm³/mol. The van der Waals surface area contributed by atoms with Crippen molar-refractivity contribution in [2.75, 3.05) is 32.5 Å². The average molecular weight is 570 g/mol. The molecule has 0 unspecified atom stereocenters. The first-order valence-corrected chi connectivity index (χ1v) is 13.4. The van der Waals surface area contributed by atoms with Crippen molar-refractivity contribution in [2.24, 2.45) is 5.41 Å². The molecule has 2 N–H and O–H groups in total. The molecule has 3 aromatic rings. The maximum absolute atomic E-state index is 15.5. The van der Waals surface area contributed by atoms with Crippen LogP contribution in [0.1, 0.15) is 37.4 Å². The van der Waals surface area contributed by atoms with Crippen molar-refractivity contribution >= 4 is 28.6 Å². The fourth-order valence-electron chi connectivity index (χ4n) is 5.02. The number of hydrogen-bond acceptors (Lipinski definition) is 6. The number of pyridine rings is 1. The molecule has 4 rings (SSSR count). The van der Waals surface area contributed by atoms with Gasteiger partial charge in [-0.05, 0) is 57.0 Å². The van der Waals surface area contributed by atoms with Gasteiger partial charge in [-0.15, -0.1) is 11.8 Å². The van der Waals surface area contributed by atoms with Crippen LogP contribution in [0.15, 0.2) is 41.4 Å². The number of thioether (sulfide) groups is 1. The molecule has 2 aromatic carbocycles. The maximum Gasteiger partial charge on any atom is 0.249 e. The molecule has 0 saturated carbocycles. The first-order chi connectivity index (χ1) is 18.7. The molecule has 39 heavy (non-hydrogen) atoms. The molecule has 1 amide bonds. The molecule has 1 saturated heterocycles. The van der Waals surface area contributed by atoms with Crippen LogP contribution in [0, 0.1) is 28.7 Å². The van der Waals surface area contributed by atoms with Crippen molar-refractivity contribution in [3.63, 3.8) is 0 Å². The van der Waals surface area contributed by atoms with E-state index < -0.39 is 40.8 Å². The van der Waals surface area contributed by atoms with E-state index in [4.69, 9.17) is 4.74 Å². The smallest absolute Gasteiger partial charge is 0.249 e. The highest BCUT2D eigenvalue weighted by atomic mass is 32.2. The van der Waals surface area contributed by atoms with Crippen LogP contribution in [0.3, 0.4) is 0 Å². The van der Waals surface area contributed by atoms with Gasteiger partial charge in [-0.25, -0.2) is 27.4 Å². The fourth-order valence-corrected chi connectivity index (χ4v) is 5.97. The third-order valence-corrected chi connectivity index (χ3v) is 8.34. The third kappa shape index (κ3) is 6.44. The highest BCUT2D eigenvalue weighted by molar-refractivity contribution is 7.99. The zero-order valence-electron chi connectivity index (χ0n) is 21.2. The normalized spacial score (nSPS) is 16.3. The number of benzene rings is 2. The standard InChI is InChI=1S/C27H28F5N3O3S/c1-38-17-2-3-23-18(14-17)24(22(32)15-33-23)19(29)4-5-27(26(36)34-37)6-8-35(9-7-27)10-11-39-25-20(30)12-16(28)13-21(25)31/h2-3,12-15,19,37H,4-11H2,1H3,(H,34,36)/t19-/m1/s1. The summed E-state index contributed by atoms with van der Waals surface area (Å²) >= 11 is 0.927. The van der Waals surface area contributed by atoms with Crippen LogP contribution in [0.5, 0.6) is 5.75 Å². The summed E-state index contributed by atoms with van der Waals surface area (Å²) in [5, 5.41) is 9.67. The van der Waals surface area contributed by atoms with Crippen LogP contribution in [-0.4, -0.2) is 53.5 Å². The van der Waals surface area contributed by atoms with Crippen LogP contribution < -0.4 is 10.2 Å². The van der Waals surface area contributed by atoms with Crippen LogP contribution in [-0.2, 0) is 4.79 Å². The highest BCUT2D eigenvalue weighted by Crippen LogP contribution is 2.41. The fraction of sp³-hybridized carbons (Fsp3) is 0.407. The Morgan fingerprint density at radius 3 is 2.49 bits per heavy atom. The second-order valence-corrected chi connectivity index (χ2v) is 10.6. The Bertz CT molecular complexity index is 1310. The average Bonchev–Trinajstić information content (AvgIpc) is 2.93. The van der Waals surface area contributed by atoms with Crippen LogP contribution in [0.2, 0.25) is 0 Å². The Hall–Kier alpha value is -2.96. The Labute approximate surface area is 226 Å². The summed E-state index contributed by atoms with van der Waals surface area (Å²) in [5.41, 5.74) is 0.866. The zero-order valence-corrected chi connectivity index (χ0v) is 22.0. The second kappa shape index (κ2) is 12.5. The number of hydroxylamine groups is 1. The molecule has 0 radical (unpaired) electrons. The molecule has 1 fully saturated rings. The summed E-state index contributed by atoms with van der Waals surface area (Å²) in [4.78, 5) is 18.4. The van der Waals surface area contributed by atoms with Gasteiger partial charge in [0.25, 0.3) is 0 Å². The lowest BCUT2D eigenvalue weighted by molar-refractivity contribution is -0.143. The Morgan fingerprint density at radius 1 is 1.15 bits per heavy atom. The quantitative estimate of drug-likeness (QED) is 0.136. The van der Waals surface area contributed by atoms with Gasteiger partial charge in [0.05, 0.1) is 29.1 Å². The molecule has 1 aliphatic heterocycles. The summed E-state index contributed by atoms with van der Waals surface area (Å²) in [5.74, 6) is -3.61. The molecule has 0 aliphatic carbocycles. The molecule has 12 heteroatoms. The maximum atomic E-state index is 15.5. The molecule has 6 nitrogen and oxygen atoms in total. The first-order valence-electron chi connectivity index (χ1n) is 12.4. The van der Waals surface area contributed by atoms with Gasteiger partial charge in [-0.1, -0.05) is 0 Å². The summed E-state index contributed by atoms with van der Waals surface area (Å²) in [6.45, 7) is 1.28. The lowest BCUT2D eigenvalue weighted by atomic mass is 9.73. The minimum atomic E-state index is -1.74. The SMILES string of the molecule is COc1ccc2ncc(F)c([C@H](F)CCC3(C(=O)NO)CCN(CCSc4c(F)cc(F)cc4F)CC3)c2c1. The van der Waals surface area contributed by atoms with E-state index in [1.807, 2.05) is 4.90 Å². The molecular formula is C27H28F5N3O3S. The largest absolute Gasteiger partial charge is 0.497 e. The van der Waals surface area contributed by atoms with E-state index >= 15 is 4.39 Å². The van der Waals surface area contributed by atoms with Crippen molar-refractivity contribution < 1.29 is 36.7 Å². The number of nitrogens with zero attached hydrogens (tertiary/aromatic N) is 2.